The Morgan fingerprint density at radius 3 is 1.72 bits per heavy atom. The molecule has 248 valence electrons. The maximum Gasteiger partial charge on any atom is 0.279 e. The maximum atomic E-state index is 13.1. The molecule has 47 heavy (non-hydrogen) atoms. The van der Waals surface area contributed by atoms with Crippen molar-refractivity contribution < 1.29 is 24.0 Å². The fourth-order valence-electron chi connectivity index (χ4n) is 4.13. The smallest absolute Gasteiger partial charge is 0.279 e. The second-order valence-corrected chi connectivity index (χ2v) is 10.9. The molecule has 0 unspecified atom stereocenters. The van der Waals surface area contributed by atoms with Crippen molar-refractivity contribution in [2.24, 2.45) is 26.9 Å². The van der Waals surface area contributed by atoms with E-state index in [2.05, 4.69) is 59.4 Å². The van der Waals surface area contributed by atoms with Crippen molar-refractivity contribution >= 4 is 80.8 Å². The van der Waals surface area contributed by atoms with Crippen LogP contribution in [0.3, 0.4) is 0 Å². The first-order valence-electron chi connectivity index (χ1n) is 13.3. The average molecular weight is 733 g/mol. The van der Waals surface area contributed by atoms with Gasteiger partial charge in [-0.05, 0) is 34.1 Å². The third-order valence-corrected chi connectivity index (χ3v) is 6.70. The Labute approximate surface area is 281 Å². The minimum Gasteiger partial charge on any atom is -0.388 e. The summed E-state index contributed by atoms with van der Waals surface area (Å²) in [4.78, 5) is 63.7. The van der Waals surface area contributed by atoms with E-state index < -0.39 is 23.6 Å². The molecule has 0 saturated heterocycles. The fourth-order valence-corrected chi connectivity index (χ4v) is 4.22. The van der Waals surface area contributed by atoms with E-state index in [9.17, 15) is 24.0 Å². The van der Waals surface area contributed by atoms with Gasteiger partial charge in [-0.3, -0.25) is 29.4 Å². The van der Waals surface area contributed by atoms with Crippen molar-refractivity contribution in [2.45, 2.75) is 6.42 Å². The predicted octanol–water partition coefficient (Wildman–Crippen LogP) is 1.51. The van der Waals surface area contributed by atoms with Gasteiger partial charge in [0.15, 0.2) is 5.69 Å². The summed E-state index contributed by atoms with van der Waals surface area (Å²) in [6.45, 7) is 3.64. The second kappa shape index (κ2) is 15.1. The molecule has 5 amide bonds. The van der Waals surface area contributed by atoms with E-state index in [1.54, 1.807) is 38.1 Å². The number of aryl methyl sites for hydroxylation is 3. The van der Waals surface area contributed by atoms with E-state index in [-0.39, 0.29) is 58.7 Å². The molecule has 18 nitrogen and oxygen atoms in total. The Hall–Kier alpha value is -5.69. The van der Waals surface area contributed by atoms with Gasteiger partial charge in [-0.2, -0.15) is 0 Å². The zero-order valence-corrected chi connectivity index (χ0v) is 27.7. The van der Waals surface area contributed by atoms with Gasteiger partial charge in [0.25, 0.3) is 29.5 Å². The standard InChI is InChI=1S/C27H30BrN13O5.ClH/c1-14(28)23(42)37-41-32-10-18(36-41)24(43)33-15-8-20(39(3)11-15)26(45)35-17-9-21(40(4)13-17)27(46)34-16-7-19(38(2)12-16)25(44)31-6-5-22(29)30;/h7-13H,1,5-6H2,2-4H3,(H3,29,30)(H,31,44)(H,33,43)(H,34,46)(H,35,45)(H,37,42);1H. The second-order valence-electron chi connectivity index (χ2n) is 9.93. The Kier molecular flexibility index (Phi) is 11.5. The summed E-state index contributed by atoms with van der Waals surface area (Å²) in [5.41, 5.74) is 9.27. The molecule has 0 atom stereocenters. The average Bonchev–Trinajstić information content (AvgIpc) is 3.75. The number of amidine groups is 1. The quantitative estimate of drug-likeness (QED) is 0.0638. The number of nitrogens with zero attached hydrogens (tertiary/aromatic N) is 6. The third-order valence-electron chi connectivity index (χ3n) is 6.34. The molecule has 4 aromatic rings. The summed E-state index contributed by atoms with van der Waals surface area (Å²) in [6, 6.07) is 4.46. The number of hydrogen-bond acceptors (Lipinski definition) is 8. The van der Waals surface area contributed by atoms with Crippen molar-refractivity contribution in [1.29, 1.82) is 5.41 Å². The number of nitrogens with one attached hydrogen (secondary N) is 6. The minimum atomic E-state index is -0.631. The predicted molar refractivity (Wildman–Crippen MR) is 179 cm³/mol. The highest BCUT2D eigenvalue weighted by molar-refractivity contribution is 9.12. The van der Waals surface area contributed by atoms with Crippen molar-refractivity contribution in [2.75, 3.05) is 27.9 Å². The summed E-state index contributed by atoms with van der Waals surface area (Å²) >= 11 is 2.93. The normalized spacial score (nSPS) is 10.4. The first kappa shape index (κ1) is 35.8. The lowest BCUT2D eigenvalue weighted by Crippen LogP contribution is -2.28. The number of halogens is 2. The lowest BCUT2D eigenvalue weighted by Gasteiger charge is -2.04. The van der Waals surface area contributed by atoms with E-state index in [1.165, 1.54) is 33.5 Å². The van der Waals surface area contributed by atoms with Crippen LogP contribution in [-0.4, -0.2) is 70.7 Å². The van der Waals surface area contributed by atoms with Crippen LogP contribution in [0.1, 0.15) is 48.4 Å². The molecule has 0 aliphatic rings. The Balaban J connectivity index is 0.00000600. The van der Waals surface area contributed by atoms with Crippen molar-refractivity contribution in [3.8, 4) is 0 Å². The summed E-state index contributed by atoms with van der Waals surface area (Å²) in [5, 5.41) is 25.7. The van der Waals surface area contributed by atoms with E-state index >= 15 is 0 Å². The van der Waals surface area contributed by atoms with Gasteiger partial charge in [0, 0.05) is 52.7 Å². The van der Waals surface area contributed by atoms with Crippen LogP contribution >= 0.6 is 28.3 Å². The molecule has 0 aliphatic carbocycles. The lowest BCUT2D eigenvalue weighted by atomic mass is 10.3. The molecule has 4 rings (SSSR count). The molecule has 0 aromatic carbocycles. The van der Waals surface area contributed by atoms with Crippen LogP contribution in [0, 0.1) is 5.41 Å². The first-order valence-corrected chi connectivity index (χ1v) is 14.1. The number of carbonyl (C=O) groups excluding carboxylic acids is 5. The van der Waals surface area contributed by atoms with Gasteiger partial charge >= 0.3 is 0 Å². The number of nitrogens with two attached hydrogens (primary N) is 1. The highest BCUT2D eigenvalue weighted by Gasteiger charge is 2.20. The number of amides is 5. The summed E-state index contributed by atoms with van der Waals surface area (Å²) in [6.07, 6.45) is 6.03. The highest BCUT2D eigenvalue weighted by atomic mass is 79.9. The molecule has 0 spiro atoms. The van der Waals surface area contributed by atoms with Crippen LogP contribution in [0.4, 0.5) is 17.1 Å². The van der Waals surface area contributed by atoms with Gasteiger partial charge in [-0.25, -0.2) is 5.43 Å². The van der Waals surface area contributed by atoms with Crippen molar-refractivity contribution in [3.63, 3.8) is 0 Å². The highest BCUT2D eigenvalue weighted by Crippen LogP contribution is 2.20. The van der Waals surface area contributed by atoms with Crippen LogP contribution in [0.25, 0.3) is 0 Å². The molecule has 4 heterocycles. The van der Waals surface area contributed by atoms with Crippen LogP contribution in [-0.2, 0) is 25.9 Å². The minimum absolute atomic E-state index is 0. The molecule has 0 radical (unpaired) electrons. The van der Waals surface area contributed by atoms with E-state index in [4.69, 9.17) is 11.1 Å². The topological polar surface area (TPSA) is 241 Å². The molecular weight excluding hydrogens is 702 g/mol. The number of carbonyl (C=O) groups is 5. The van der Waals surface area contributed by atoms with E-state index in [1.807, 2.05) is 0 Å². The monoisotopic (exact) mass is 731 g/mol. The molecule has 0 saturated carbocycles. The van der Waals surface area contributed by atoms with Gasteiger partial charge in [0.2, 0.25) is 0 Å². The largest absolute Gasteiger partial charge is 0.388 e. The molecular formula is C27H31BrClN13O5. The molecule has 0 fully saturated rings. The van der Waals surface area contributed by atoms with Gasteiger partial charge in [-0.1, -0.05) is 11.5 Å². The SMILES string of the molecule is C=C(Br)C(=O)Nn1ncc(C(=O)Nc2cc(C(=O)Nc3cc(C(=O)Nc4cc(C(=O)NCCC(=N)N)n(C)c4)n(C)c3)n(C)c2)n1.Cl. The van der Waals surface area contributed by atoms with Crippen molar-refractivity contribution in [1.82, 2.24) is 34.1 Å². The van der Waals surface area contributed by atoms with Gasteiger partial charge in [0.05, 0.1) is 33.6 Å². The fraction of sp³-hybridized carbons (Fsp3) is 0.185. The molecule has 0 aliphatic heterocycles. The Morgan fingerprint density at radius 2 is 1.28 bits per heavy atom. The molecule has 4 aromatic heterocycles. The first-order chi connectivity index (χ1) is 21.7. The van der Waals surface area contributed by atoms with Crippen LogP contribution in [0.5, 0.6) is 0 Å². The number of rotatable bonds is 12. The Morgan fingerprint density at radius 1 is 0.830 bits per heavy atom. The molecule has 8 N–H and O–H groups in total. The van der Waals surface area contributed by atoms with Crippen LogP contribution in [0.2, 0.25) is 0 Å². The molecule has 20 heteroatoms. The molecule has 0 bridgehead atoms. The van der Waals surface area contributed by atoms with Gasteiger partial charge in [-0.15, -0.1) is 22.6 Å². The van der Waals surface area contributed by atoms with E-state index in [0.29, 0.717) is 22.8 Å². The summed E-state index contributed by atoms with van der Waals surface area (Å²) in [5.74, 6) is -2.63. The lowest BCUT2D eigenvalue weighted by molar-refractivity contribution is -0.113. The number of hydrogen-bond donors (Lipinski definition) is 7. The van der Waals surface area contributed by atoms with Crippen LogP contribution < -0.4 is 32.4 Å². The number of aromatic nitrogens is 6. The third kappa shape index (κ3) is 8.95. The van der Waals surface area contributed by atoms with Gasteiger partial charge < -0.3 is 40.7 Å². The van der Waals surface area contributed by atoms with Gasteiger partial charge in [0.1, 0.15) is 17.1 Å². The van der Waals surface area contributed by atoms with Crippen molar-refractivity contribution in [3.05, 3.63) is 76.8 Å². The Bertz CT molecular complexity index is 1890. The summed E-state index contributed by atoms with van der Waals surface area (Å²) < 4.78 is 4.64. The number of anilines is 3. The zero-order chi connectivity index (χ0) is 33.7. The van der Waals surface area contributed by atoms with E-state index in [0.717, 1.165) is 11.1 Å². The zero-order valence-electron chi connectivity index (χ0n) is 25.3. The van der Waals surface area contributed by atoms with Crippen LogP contribution in [0.15, 0.2) is 54.0 Å². The summed E-state index contributed by atoms with van der Waals surface area (Å²) in [7, 11) is 4.91. The maximum absolute atomic E-state index is 13.1.